The molecule has 142 valence electrons. The summed E-state index contributed by atoms with van der Waals surface area (Å²) < 4.78 is 13.7. The van der Waals surface area contributed by atoms with Gasteiger partial charge >= 0.3 is 0 Å². The van der Waals surface area contributed by atoms with Crippen molar-refractivity contribution in [2.24, 2.45) is 0 Å². The number of pyridine rings is 1. The minimum atomic E-state index is -0.411. The van der Waals surface area contributed by atoms with E-state index in [4.69, 9.17) is 0 Å². The Morgan fingerprint density at radius 3 is 2.50 bits per heavy atom. The first kappa shape index (κ1) is 19.2. The molecule has 0 fully saturated rings. The lowest BCUT2D eigenvalue weighted by Gasteiger charge is -2.09. The van der Waals surface area contributed by atoms with Crippen molar-refractivity contribution in [3.63, 3.8) is 0 Å². The second-order valence-electron chi connectivity index (χ2n) is 6.46. The number of carbonyl (C=O) groups is 2. The first-order valence-corrected chi connectivity index (χ1v) is 8.80. The van der Waals surface area contributed by atoms with Crippen LogP contribution in [0.1, 0.15) is 37.5 Å². The summed E-state index contributed by atoms with van der Waals surface area (Å²) in [4.78, 5) is 28.8. The largest absolute Gasteiger partial charge is 0.348 e. The summed E-state index contributed by atoms with van der Waals surface area (Å²) in [6.07, 6.45) is 1.40. The summed E-state index contributed by atoms with van der Waals surface area (Å²) in [7, 11) is 0. The van der Waals surface area contributed by atoms with E-state index in [1.54, 1.807) is 18.2 Å². The summed E-state index contributed by atoms with van der Waals surface area (Å²) >= 11 is 0. The Hall–Kier alpha value is -3.54. The van der Waals surface area contributed by atoms with E-state index in [1.807, 2.05) is 32.0 Å². The standard InChI is InChI=1S/C22H20FN3O2/c1-14-7-8-18(11-15(14)2)26-22(28)20-12-16(9-10-24-20)21(27)25-13-17-5-3-4-6-19(17)23/h3-12H,13H2,1-2H3,(H,25,27)(H,26,28). The van der Waals surface area contributed by atoms with E-state index in [1.165, 1.54) is 24.4 Å². The highest BCUT2D eigenvalue weighted by Crippen LogP contribution is 2.15. The number of anilines is 1. The molecule has 5 nitrogen and oxygen atoms in total. The fraction of sp³-hybridized carbons (Fsp3) is 0.136. The average Bonchev–Trinajstić information content (AvgIpc) is 2.70. The molecule has 2 amide bonds. The van der Waals surface area contributed by atoms with Crippen molar-refractivity contribution in [2.75, 3.05) is 5.32 Å². The molecule has 0 aliphatic carbocycles. The zero-order valence-electron chi connectivity index (χ0n) is 15.6. The van der Waals surface area contributed by atoms with Gasteiger partial charge in [0.1, 0.15) is 11.5 Å². The number of amides is 2. The van der Waals surface area contributed by atoms with Crippen LogP contribution in [-0.4, -0.2) is 16.8 Å². The van der Waals surface area contributed by atoms with Crippen molar-refractivity contribution in [1.82, 2.24) is 10.3 Å². The number of rotatable bonds is 5. The number of aromatic nitrogens is 1. The van der Waals surface area contributed by atoms with Gasteiger partial charge in [-0.25, -0.2) is 4.39 Å². The average molecular weight is 377 g/mol. The number of halogens is 1. The molecule has 1 heterocycles. The Balaban J connectivity index is 1.68. The van der Waals surface area contributed by atoms with Crippen molar-refractivity contribution in [2.45, 2.75) is 20.4 Å². The second-order valence-corrected chi connectivity index (χ2v) is 6.46. The molecule has 2 N–H and O–H groups in total. The Morgan fingerprint density at radius 2 is 1.75 bits per heavy atom. The van der Waals surface area contributed by atoms with Gasteiger partial charge in [-0.05, 0) is 55.3 Å². The zero-order valence-corrected chi connectivity index (χ0v) is 15.6. The molecule has 0 saturated heterocycles. The fourth-order valence-corrected chi connectivity index (χ4v) is 2.63. The van der Waals surface area contributed by atoms with Gasteiger partial charge in [-0.1, -0.05) is 24.3 Å². The SMILES string of the molecule is Cc1ccc(NC(=O)c2cc(C(=O)NCc3ccccc3F)ccn2)cc1C. The topological polar surface area (TPSA) is 71.1 Å². The molecule has 0 unspecified atom stereocenters. The van der Waals surface area contributed by atoms with E-state index in [0.717, 1.165) is 11.1 Å². The summed E-state index contributed by atoms with van der Waals surface area (Å²) in [6, 6.07) is 14.7. The molecular formula is C22H20FN3O2. The maximum Gasteiger partial charge on any atom is 0.274 e. The molecule has 0 saturated carbocycles. The van der Waals surface area contributed by atoms with Crippen LogP contribution in [0.15, 0.2) is 60.8 Å². The fourth-order valence-electron chi connectivity index (χ4n) is 2.63. The van der Waals surface area contributed by atoms with Gasteiger partial charge in [-0.3, -0.25) is 14.6 Å². The molecule has 0 aliphatic heterocycles. The van der Waals surface area contributed by atoms with Crippen molar-refractivity contribution < 1.29 is 14.0 Å². The van der Waals surface area contributed by atoms with Crippen molar-refractivity contribution >= 4 is 17.5 Å². The molecule has 3 rings (SSSR count). The Bertz CT molecular complexity index is 1030. The van der Waals surface area contributed by atoms with Gasteiger partial charge < -0.3 is 10.6 Å². The van der Waals surface area contributed by atoms with E-state index >= 15 is 0 Å². The summed E-state index contributed by atoms with van der Waals surface area (Å²) in [5, 5.41) is 5.42. The molecule has 0 atom stereocenters. The molecule has 28 heavy (non-hydrogen) atoms. The maximum atomic E-state index is 13.7. The van der Waals surface area contributed by atoms with Crippen LogP contribution in [0.25, 0.3) is 0 Å². The lowest BCUT2D eigenvalue weighted by molar-refractivity contribution is 0.0950. The zero-order chi connectivity index (χ0) is 20.1. The number of nitrogens with one attached hydrogen (secondary N) is 2. The lowest BCUT2D eigenvalue weighted by Crippen LogP contribution is -2.24. The predicted molar refractivity (Wildman–Crippen MR) is 106 cm³/mol. The number of nitrogens with zero attached hydrogens (tertiary/aromatic N) is 1. The van der Waals surface area contributed by atoms with Gasteiger partial charge in [0.25, 0.3) is 11.8 Å². The first-order chi connectivity index (χ1) is 13.4. The third-order valence-electron chi connectivity index (χ3n) is 4.42. The molecule has 0 spiro atoms. The Labute approximate surface area is 162 Å². The van der Waals surface area contributed by atoms with E-state index in [2.05, 4.69) is 15.6 Å². The highest BCUT2D eigenvalue weighted by Gasteiger charge is 2.13. The van der Waals surface area contributed by atoms with E-state index in [9.17, 15) is 14.0 Å². The quantitative estimate of drug-likeness (QED) is 0.705. The van der Waals surface area contributed by atoms with Crippen LogP contribution in [0.5, 0.6) is 0 Å². The summed E-state index contributed by atoms with van der Waals surface area (Å²) in [6.45, 7) is 4.01. The second kappa shape index (κ2) is 8.43. The molecular weight excluding hydrogens is 357 g/mol. The van der Waals surface area contributed by atoms with Gasteiger partial charge in [0, 0.05) is 29.6 Å². The third-order valence-corrected chi connectivity index (χ3v) is 4.42. The van der Waals surface area contributed by atoms with Crippen LogP contribution >= 0.6 is 0 Å². The Morgan fingerprint density at radius 1 is 0.964 bits per heavy atom. The summed E-state index contributed by atoms with van der Waals surface area (Å²) in [5.41, 5.74) is 3.63. The van der Waals surface area contributed by atoms with E-state index in [-0.39, 0.29) is 23.6 Å². The Kier molecular flexibility index (Phi) is 5.79. The predicted octanol–water partition coefficient (Wildman–Crippen LogP) is 4.02. The molecule has 2 aromatic carbocycles. The van der Waals surface area contributed by atoms with Gasteiger partial charge in [-0.2, -0.15) is 0 Å². The van der Waals surface area contributed by atoms with Crippen LogP contribution in [0.2, 0.25) is 0 Å². The van der Waals surface area contributed by atoms with Gasteiger partial charge in [0.2, 0.25) is 0 Å². The van der Waals surface area contributed by atoms with Crippen LogP contribution in [0.4, 0.5) is 10.1 Å². The van der Waals surface area contributed by atoms with Gasteiger partial charge in [0.15, 0.2) is 0 Å². The molecule has 1 aromatic heterocycles. The van der Waals surface area contributed by atoms with Crippen molar-refractivity contribution in [3.05, 3.63) is 94.6 Å². The van der Waals surface area contributed by atoms with Crippen LogP contribution in [0, 0.1) is 19.7 Å². The minimum Gasteiger partial charge on any atom is -0.348 e. The normalized spacial score (nSPS) is 10.4. The lowest BCUT2D eigenvalue weighted by atomic mass is 10.1. The number of carbonyl (C=O) groups excluding carboxylic acids is 2. The maximum absolute atomic E-state index is 13.7. The van der Waals surface area contributed by atoms with Crippen LogP contribution < -0.4 is 10.6 Å². The van der Waals surface area contributed by atoms with Crippen LogP contribution in [0.3, 0.4) is 0 Å². The van der Waals surface area contributed by atoms with Gasteiger partial charge in [-0.15, -0.1) is 0 Å². The monoisotopic (exact) mass is 377 g/mol. The molecule has 0 radical (unpaired) electrons. The van der Waals surface area contributed by atoms with Gasteiger partial charge in [0.05, 0.1) is 0 Å². The minimum absolute atomic E-state index is 0.0536. The molecule has 3 aromatic rings. The number of hydrogen-bond donors (Lipinski definition) is 2. The summed E-state index contributed by atoms with van der Waals surface area (Å²) in [5.74, 6) is -1.20. The third kappa shape index (κ3) is 4.59. The number of benzene rings is 2. The van der Waals surface area contributed by atoms with E-state index in [0.29, 0.717) is 11.3 Å². The number of hydrogen-bond acceptors (Lipinski definition) is 3. The highest BCUT2D eigenvalue weighted by atomic mass is 19.1. The molecule has 6 heteroatoms. The van der Waals surface area contributed by atoms with Crippen molar-refractivity contribution in [3.8, 4) is 0 Å². The number of aryl methyl sites for hydroxylation is 2. The molecule has 0 aliphatic rings. The van der Waals surface area contributed by atoms with Crippen molar-refractivity contribution in [1.29, 1.82) is 0 Å². The smallest absolute Gasteiger partial charge is 0.274 e. The molecule has 0 bridgehead atoms. The first-order valence-electron chi connectivity index (χ1n) is 8.80. The highest BCUT2D eigenvalue weighted by molar-refractivity contribution is 6.04. The van der Waals surface area contributed by atoms with Crippen LogP contribution in [-0.2, 0) is 6.54 Å². The van der Waals surface area contributed by atoms with E-state index < -0.39 is 11.8 Å².